The average molecular weight is 166 g/mol. The Balaban J connectivity index is 2.33. The van der Waals surface area contributed by atoms with Crippen molar-refractivity contribution in [3.05, 3.63) is 0 Å². The average Bonchev–Trinajstić information content (AvgIpc) is 1.62. The van der Waals surface area contributed by atoms with Gasteiger partial charge in [0.05, 0.1) is 11.0 Å². The molecule has 1 rings (SSSR count). The van der Waals surface area contributed by atoms with E-state index in [-0.39, 0.29) is 0 Å². The first kappa shape index (κ1) is 6.37. The van der Waals surface area contributed by atoms with E-state index in [0.29, 0.717) is 5.88 Å². The zero-order valence-electron chi connectivity index (χ0n) is 3.72. The van der Waals surface area contributed by atoms with Crippen LogP contribution >= 0.6 is 31.6 Å². The summed E-state index contributed by atoms with van der Waals surface area (Å²) in [6.45, 7) is 0. The van der Waals surface area contributed by atoms with E-state index in [2.05, 4.69) is 20.1 Å². The standard InChI is InChI=1S/CH2N4S3/c1-2-3-4-5-7-8-6-1/h1H2. The lowest BCUT2D eigenvalue weighted by molar-refractivity contribution is 0.949. The highest BCUT2D eigenvalue weighted by molar-refractivity contribution is 9.09. The largest absolute Gasteiger partial charge is 0.156 e. The normalized spacial score (nSPS) is 20.0. The van der Waals surface area contributed by atoms with Crippen molar-refractivity contribution < 1.29 is 0 Å². The smallest absolute Gasteiger partial charge is 0.119 e. The summed E-state index contributed by atoms with van der Waals surface area (Å²) in [5.41, 5.74) is 0. The maximum absolute atomic E-state index is 3.62. The predicted molar refractivity (Wildman–Crippen MR) is 37.4 cm³/mol. The summed E-state index contributed by atoms with van der Waals surface area (Å²) in [4.78, 5) is 0. The van der Waals surface area contributed by atoms with E-state index in [4.69, 9.17) is 0 Å². The van der Waals surface area contributed by atoms with E-state index in [1.807, 2.05) is 0 Å². The Morgan fingerprint density at radius 1 is 1.25 bits per heavy atom. The van der Waals surface area contributed by atoms with Crippen LogP contribution in [-0.2, 0) is 0 Å². The third-order valence-electron chi connectivity index (χ3n) is 0.362. The molecule has 1 aliphatic rings. The number of hydrogen-bond donors (Lipinski definition) is 0. The molecule has 7 heteroatoms. The van der Waals surface area contributed by atoms with Crippen LogP contribution in [0.3, 0.4) is 0 Å². The molecular weight excluding hydrogens is 164 g/mol. The van der Waals surface area contributed by atoms with Gasteiger partial charge in [-0.05, 0) is 10.4 Å². The van der Waals surface area contributed by atoms with Crippen molar-refractivity contribution in [2.24, 2.45) is 20.1 Å². The number of hydrogen-bond acceptors (Lipinski definition) is 7. The molecule has 1 aliphatic heterocycles. The van der Waals surface area contributed by atoms with Crippen molar-refractivity contribution in [2.75, 3.05) is 5.88 Å². The van der Waals surface area contributed by atoms with Gasteiger partial charge in [0.2, 0.25) is 0 Å². The Bertz CT molecular complexity index is 95.9. The van der Waals surface area contributed by atoms with Gasteiger partial charge in [0.15, 0.2) is 0 Å². The van der Waals surface area contributed by atoms with E-state index in [1.165, 1.54) is 11.0 Å². The Morgan fingerprint density at radius 3 is 3.25 bits per heavy atom. The van der Waals surface area contributed by atoms with Gasteiger partial charge in [0.25, 0.3) is 0 Å². The lowest BCUT2D eigenvalue weighted by Crippen LogP contribution is -1.62. The molecule has 0 aliphatic carbocycles. The molecule has 0 spiro atoms. The summed E-state index contributed by atoms with van der Waals surface area (Å²) in [6, 6.07) is 0. The van der Waals surface area contributed by atoms with Gasteiger partial charge in [-0.15, -0.1) is 0 Å². The summed E-state index contributed by atoms with van der Waals surface area (Å²) >= 11 is 0. The van der Waals surface area contributed by atoms with Crippen LogP contribution in [0.25, 0.3) is 0 Å². The van der Waals surface area contributed by atoms with Crippen LogP contribution in [0.4, 0.5) is 0 Å². The second-order valence-corrected chi connectivity index (χ2v) is 4.52. The molecule has 0 fully saturated rings. The molecular formula is CH2N4S3. The summed E-state index contributed by atoms with van der Waals surface area (Å²) in [7, 11) is 4.46. The first-order valence-corrected chi connectivity index (χ1v) is 5.33. The molecule has 0 bridgehead atoms. The molecule has 0 saturated heterocycles. The van der Waals surface area contributed by atoms with Gasteiger partial charge in [-0.1, -0.05) is 15.3 Å². The van der Waals surface area contributed by atoms with Crippen LogP contribution in [0.5, 0.6) is 0 Å². The molecule has 0 aromatic rings. The fourth-order valence-corrected chi connectivity index (χ4v) is 2.03. The monoisotopic (exact) mass is 166 g/mol. The maximum Gasteiger partial charge on any atom is 0.119 e. The van der Waals surface area contributed by atoms with Gasteiger partial charge in [-0.25, -0.2) is 0 Å². The molecule has 4 nitrogen and oxygen atoms in total. The summed E-state index contributed by atoms with van der Waals surface area (Å²) in [6.07, 6.45) is 0. The van der Waals surface area contributed by atoms with Crippen molar-refractivity contribution >= 4 is 31.6 Å². The fourth-order valence-electron chi connectivity index (χ4n) is 0.166. The van der Waals surface area contributed by atoms with E-state index in [0.717, 1.165) is 0 Å². The van der Waals surface area contributed by atoms with Crippen molar-refractivity contribution in [2.45, 2.75) is 0 Å². The van der Waals surface area contributed by atoms with Crippen molar-refractivity contribution in [3.63, 3.8) is 0 Å². The Labute approximate surface area is 57.9 Å². The zero-order chi connectivity index (χ0) is 5.66. The van der Waals surface area contributed by atoms with Crippen LogP contribution < -0.4 is 0 Å². The molecule has 8 heavy (non-hydrogen) atoms. The van der Waals surface area contributed by atoms with Crippen LogP contribution in [0.15, 0.2) is 20.1 Å². The van der Waals surface area contributed by atoms with Gasteiger partial charge in [-0.3, -0.25) is 0 Å². The van der Waals surface area contributed by atoms with Crippen LogP contribution in [0.2, 0.25) is 0 Å². The quantitative estimate of drug-likeness (QED) is 0.410. The lowest BCUT2D eigenvalue weighted by atomic mass is 11.5. The zero-order valence-corrected chi connectivity index (χ0v) is 6.17. The molecule has 0 amide bonds. The lowest BCUT2D eigenvalue weighted by Gasteiger charge is -1.89. The van der Waals surface area contributed by atoms with Crippen LogP contribution in [-0.4, -0.2) is 5.88 Å². The van der Waals surface area contributed by atoms with Gasteiger partial charge in [0, 0.05) is 9.83 Å². The SMILES string of the molecule is C1N=NN=NSSS1. The highest BCUT2D eigenvalue weighted by Crippen LogP contribution is 2.36. The first-order chi connectivity index (χ1) is 4.00. The van der Waals surface area contributed by atoms with Gasteiger partial charge >= 0.3 is 0 Å². The minimum absolute atomic E-state index is 0.663. The van der Waals surface area contributed by atoms with Crippen molar-refractivity contribution in [3.8, 4) is 0 Å². The van der Waals surface area contributed by atoms with Crippen LogP contribution in [0, 0.1) is 0 Å². The topological polar surface area (TPSA) is 49.4 Å². The minimum atomic E-state index is 0.663. The maximum atomic E-state index is 3.62. The van der Waals surface area contributed by atoms with E-state index in [9.17, 15) is 0 Å². The molecule has 0 radical (unpaired) electrons. The number of rotatable bonds is 0. The second kappa shape index (κ2) is 4.16. The van der Waals surface area contributed by atoms with Gasteiger partial charge in [-0.2, -0.15) is 5.11 Å². The molecule has 0 N–H and O–H groups in total. The molecule has 0 aromatic carbocycles. The first-order valence-electron chi connectivity index (χ1n) is 1.72. The third kappa shape index (κ3) is 2.53. The summed E-state index contributed by atoms with van der Waals surface area (Å²) in [5, 5.41) is 10.3. The fraction of sp³-hybridized carbons (Fsp3) is 1.00. The molecule has 0 aromatic heterocycles. The predicted octanol–water partition coefficient (Wildman–Crippen LogP) is 2.72. The van der Waals surface area contributed by atoms with Crippen molar-refractivity contribution in [1.82, 2.24) is 0 Å². The highest BCUT2D eigenvalue weighted by Gasteiger charge is 1.89. The summed E-state index contributed by atoms with van der Waals surface area (Å²) in [5.74, 6) is 0.663. The molecule has 44 valence electrons. The van der Waals surface area contributed by atoms with E-state index in [1.54, 1.807) is 20.6 Å². The Hall–Kier alpha value is 0.250. The molecule has 0 saturated carbocycles. The summed E-state index contributed by atoms with van der Waals surface area (Å²) < 4.78 is 3.55. The van der Waals surface area contributed by atoms with Gasteiger partial charge in [0.1, 0.15) is 5.88 Å². The molecule has 0 unspecified atom stereocenters. The Morgan fingerprint density at radius 2 is 2.25 bits per heavy atom. The van der Waals surface area contributed by atoms with E-state index >= 15 is 0 Å². The van der Waals surface area contributed by atoms with Crippen molar-refractivity contribution in [1.29, 1.82) is 0 Å². The van der Waals surface area contributed by atoms with Crippen LogP contribution in [0.1, 0.15) is 0 Å². The molecule has 0 atom stereocenters. The third-order valence-corrected chi connectivity index (χ3v) is 3.28. The van der Waals surface area contributed by atoms with Gasteiger partial charge < -0.3 is 0 Å². The Kier molecular flexibility index (Phi) is 3.31. The highest BCUT2D eigenvalue weighted by atomic mass is 33.5. The minimum Gasteiger partial charge on any atom is -0.156 e. The second-order valence-electron chi connectivity index (χ2n) is 0.791. The molecule has 1 heterocycles. The van der Waals surface area contributed by atoms with E-state index < -0.39 is 0 Å². The number of nitrogens with zero attached hydrogens (tertiary/aromatic N) is 4.